The van der Waals surface area contributed by atoms with Crippen molar-refractivity contribution in [2.45, 2.75) is 58.9 Å². The van der Waals surface area contributed by atoms with Gasteiger partial charge in [0.2, 0.25) is 0 Å². The Bertz CT molecular complexity index is 208. The first-order valence-corrected chi connectivity index (χ1v) is 6.77. The summed E-state index contributed by atoms with van der Waals surface area (Å²) in [6, 6.07) is 0. The number of rotatable bonds is 2. The van der Waals surface area contributed by atoms with Gasteiger partial charge < -0.3 is 0 Å². The second-order valence-corrected chi connectivity index (χ2v) is 6.56. The Morgan fingerprint density at radius 2 is 1.73 bits per heavy atom. The van der Waals surface area contributed by atoms with E-state index in [1.54, 1.807) is 0 Å². The minimum Gasteiger partial charge on any atom is -0.298 e. The van der Waals surface area contributed by atoms with E-state index in [-0.39, 0.29) is 0 Å². The Hall–Kier alpha value is -0.0400. The summed E-state index contributed by atoms with van der Waals surface area (Å²) in [5, 5.41) is 0. The van der Waals surface area contributed by atoms with E-state index >= 15 is 0 Å². The van der Waals surface area contributed by atoms with Crippen molar-refractivity contribution in [1.82, 2.24) is 4.90 Å². The van der Waals surface area contributed by atoms with Crippen molar-refractivity contribution < 1.29 is 0 Å². The van der Waals surface area contributed by atoms with Gasteiger partial charge in [0.05, 0.1) is 0 Å². The molecule has 1 nitrogen and oxygen atoms in total. The van der Waals surface area contributed by atoms with Gasteiger partial charge in [-0.2, -0.15) is 0 Å². The third-order valence-corrected chi connectivity index (χ3v) is 4.60. The van der Waals surface area contributed by atoms with Crippen LogP contribution < -0.4 is 0 Å². The predicted molar refractivity (Wildman–Crippen MR) is 65.9 cm³/mol. The van der Waals surface area contributed by atoms with E-state index in [0.717, 1.165) is 17.8 Å². The van der Waals surface area contributed by atoms with Crippen LogP contribution in [0.2, 0.25) is 0 Å². The third-order valence-electron chi connectivity index (χ3n) is 4.60. The standard InChI is InChI=1S/C14H27N/c1-5-11-10-13(11)12-6-8-15(9-7-12)14(2,3)4/h11-13H,5-10H2,1-4H3. The van der Waals surface area contributed by atoms with Gasteiger partial charge >= 0.3 is 0 Å². The largest absolute Gasteiger partial charge is 0.298 e. The Kier molecular flexibility index (Phi) is 3.12. The molecular formula is C14H27N. The molecular weight excluding hydrogens is 182 g/mol. The zero-order valence-corrected chi connectivity index (χ0v) is 10.9. The van der Waals surface area contributed by atoms with Gasteiger partial charge in [0.25, 0.3) is 0 Å². The van der Waals surface area contributed by atoms with Crippen LogP contribution >= 0.6 is 0 Å². The monoisotopic (exact) mass is 209 g/mol. The molecule has 0 aromatic carbocycles. The molecule has 0 spiro atoms. The van der Waals surface area contributed by atoms with E-state index in [2.05, 4.69) is 32.6 Å². The molecule has 0 amide bonds. The fraction of sp³-hybridized carbons (Fsp3) is 1.00. The Morgan fingerprint density at radius 1 is 1.13 bits per heavy atom. The maximum absolute atomic E-state index is 2.66. The Morgan fingerprint density at radius 3 is 2.13 bits per heavy atom. The van der Waals surface area contributed by atoms with Crippen LogP contribution in [0.3, 0.4) is 0 Å². The van der Waals surface area contributed by atoms with Gasteiger partial charge in [-0.1, -0.05) is 13.3 Å². The van der Waals surface area contributed by atoms with Crippen LogP contribution in [0, 0.1) is 17.8 Å². The highest BCUT2D eigenvalue weighted by Gasteiger charge is 2.42. The average molecular weight is 209 g/mol. The molecule has 15 heavy (non-hydrogen) atoms. The van der Waals surface area contributed by atoms with Gasteiger partial charge in [-0.3, -0.25) is 4.90 Å². The van der Waals surface area contributed by atoms with E-state index in [1.165, 1.54) is 38.8 Å². The summed E-state index contributed by atoms with van der Waals surface area (Å²) in [7, 11) is 0. The van der Waals surface area contributed by atoms with E-state index in [9.17, 15) is 0 Å². The van der Waals surface area contributed by atoms with Crippen LogP contribution in [-0.4, -0.2) is 23.5 Å². The van der Waals surface area contributed by atoms with Gasteiger partial charge in [0.1, 0.15) is 0 Å². The molecule has 88 valence electrons. The maximum atomic E-state index is 2.66. The van der Waals surface area contributed by atoms with Crippen LogP contribution in [0.4, 0.5) is 0 Å². The molecule has 0 N–H and O–H groups in total. The Balaban J connectivity index is 1.78. The summed E-state index contributed by atoms with van der Waals surface area (Å²) in [5.74, 6) is 3.27. The summed E-state index contributed by atoms with van der Waals surface area (Å²) in [5.41, 5.74) is 0.388. The number of piperidine rings is 1. The van der Waals surface area contributed by atoms with Crippen LogP contribution in [-0.2, 0) is 0 Å². The third kappa shape index (κ3) is 2.55. The molecule has 1 aliphatic heterocycles. The second kappa shape index (κ2) is 4.08. The van der Waals surface area contributed by atoms with Crippen molar-refractivity contribution in [3.63, 3.8) is 0 Å². The van der Waals surface area contributed by atoms with Crippen molar-refractivity contribution in [2.24, 2.45) is 17.8 Å². The van der Waals surface area contributed by atoms with Gasteiger partial charge in [0, 0.05) is 5.54 Å². The van der Waals surface area contributed by atoms with Crippen molar-refractivity contribution in [1.29, 1.82) is 0 Å². The first-order chi connectivity index (χ1) is 7.02. The van der Waals surface area contributed by atoms with Crippen LogP contribution in [0.15, 0.2) is 0 Å². The maximum Gasteiger partial charge on any atom is 0.0125 e. The molecule has 2 rings (SSSR count). The van der Waals surface area contributed by atoms with Crippen molar-refractivity contribution in [3.05, 3.63) is 0 Å². The summed E-state index contributed by atoms with van der Waals surface area (Å²) < 4.78 is 0. The predicted octanol–water partition coefficient (Wildman–Crippen LogP) is 3.54. The molecule has 1 saturated heterocycles. The van der Waals surface area contributed by atoms with E-state index in [4.69, 9.17) is 0 Å². The van der Waals surface area contributed by atoms with Crippen LogP contribution in [0.1, 0.15) is 53.4 Å². The molecule has 1 heterocycles. The van der Waals surface area contributed by atoms with Crippen molar-refractivity contribution in [3.8, 4) is 0 Å². The summed E-state index contributed by atoms with van der Waals surface area (Å²) >= 11 is 0. The minimum absolute atomic E-state index is 0.388. The molecule has 2 fully saturated rings. The van der Waals surface area contributed by atoms with Gasteiger partial charge in [-0.25, -0.2) is 0 Å². The molecule has 1 aliphatic carbocycles. The van der Waals surface area contributed by atoms with Crippen LogP contribution in [0.25, 0.3) is 0 Å². The molecule has 2 atom stereocenters. The topological polar surface area (TPSA) is 3.24 Å². The lowest BCUT2D eigenvalue weighted by Gasteiger charge is -2.41. The molecule has 0 bridgehead atoms. The van der Waals surface area contributed by atoms with Gasteiger partial charge in [-0.05, 0) is 70.9 Å². The normalized spacial score (nSPS) is 34.4. The van der Waals surface area contributed by atoms with Crippen LogP contribution in [0.5, 0.6) is 0 Å². The minimum atomic E-state index is 0.388. The highest BCUT2D eigenvalue weighted by atomic mass is 15.2. The fourth-order valence-electron chi connectivity index (χ4n) is 3.32. The molecule has 0 aromatic rings. The van der Waals surface area contributed by atoms with E-state index < -0.39 is 0 Å². The summed E-state index contributed by atoms with van der Waals surface area (Å²) in [6.45, 7) is 12.1. The lowest BCUT2D eigenvalue weighted by molar-refractivity contribution is 0.0805. The van der Waals surface area contributed by atoms with Crippen molar-refractivity contribution >= 4 is 0 Å². The summed E-state index contributed by atoms with van der Waals surface area (Å²) in [4.78, 5) is 2.66. The van der Waals surface area contributed by atoms with E-state index in [1.807, 2.05) is 0 Å². The molecule has 0 aromatic heterocycles. The molecule has 1 saturated carbocycles. The lowest BCUT2D eigenvalue weighted by Crippen LogP contribution is -2.46. The highest BCUT2D eigenvalue weighted by Crippen LogP contribution is 2.49. The SMILES string of the molecule is CCC1CC1C1CCN(C(C)(C)C)CC1. The summed E-state index contributed by atoms with van der Waals surface area (Å²) in [6.07, 6.45) is 5.87. The first-order valence-electron chi connectivity index (χ1n) is 6.77. The first kappa shape index (κ1) is 11.4. The number of nitrogens with zero attached hydrogens (tertiary/aromatic N) is 1. The average Bonchev–Trinajstić information content (AvgIpc) is 2.95. The second-order valence-electron chi connectivity index (χ2n) is 6.56. The zero-order valence-electron chi connectivity index (χ0n) is 10.9. The number of hydrogen-bond donors (Lipinski definition) is 0. The zero-order chi connectivity index (χ0) is 11.1. The number of likely N-dealkylation sites (tertiary alicyclic amines) is 1. The highest BCUT2D eigenvalue weighted by molar-refractivity contribution is 4.93. The lowest BCUT2D eigenvalue weighted by atomic mass is 9.88. The molecule has 2 unspecified atom stereocenters. The van der Waals surface area contributed by atoms with Gasteiger partial charge in [0.15, 0.2) is 0 Å². The van der Waals surface area contributed by atoms with E-state index in [0.29, 0.717) is 5.54 Å². The van der Waals surface area contributed by atoms with Crippen molar-refractivity contribution in [2.75, 3.05) is 13.1 Å². The smallest absolute Gasteiger partial charge is 0.0125 e. The number of hydrogen-bond acceptors (Lipinski definition) is 1. The molecule has 1 heteroatoms. The quantitative estimate of drug-likeness (QED) is 0.672. The molecule has 2 aliphatic rings. The van der Waals surface area contributed by atoms with Gasteiger partial charge in [-0.15, -0.1) is 0 Å². The molecule has 0 radical (unpaired) electrons. The fourth-order valence-corrected chi connectivity index (χ4v) is 3.32. The Labute approximate surface area is 95.2 Å².